The average molecular weight is 363 g/mol. The maximum Gasteiger partial charge on any atom is 0.387 e. The van der Waals surface area contributed by atoms with Crippen LogP contribution in [0.4, 0.5) is 20.2 Å². The van der Waals surface area contributed by atoms with Gasteiger partial charge in [0, 0.05) is 31.0 Å². The minimum Gasteiger partial charge on any atom is -0.435 e. The normalized spacial score (nSPS) is 10.3. The van der Waals surface area contributed by atoms with Gasteiger partial charge in [0.2, 0.25) is 5.91 Å². The van der Waals surface area contributed by atoms with Crippen molar-refractivity contribution in [3.63, 3.8) is 0 Å². The molecule has 0 aromatic heterocycles. The topological polar surface area (TPSA) is 70.7 Å². The van der Waals surface area contributed by atoms with Crippen LogP contribution in [0.25, 0.3) is 0 Å². The number of rotatable bonds is 7. The molecule has 0 spiro atoms. The third kappa shape index (κ3) is 5.73. The molecule has 0 radical (unpaired) electrons. The van der Waals surface area contributed by atoms with Gasteiger partial charge in [-0.25, -0.2) is 0 Å². The number of halogens is 2. The van der Waals surface area contributed by atoms with Crippen LogP contribution >= 0.6 is 0 Å². The minimum absolute atomic E-state index is 0.0125. The van der Waals surface area contributed by atoms with Crippen LogP contribution in [0, 0.1) is 0 Å². The largest absolute Gasteiger partial charge is 0.435 e. The highest BCUT2D eigenvalue weighted by Crippen LogP contribution is 2.18. The maximum absolute atomic E-state index is 12.1. The number of amides is 2. The smallest absolute Gasteiger partial charge is 0.387 e. The van der Waals surface area contributed by atoms with Gasteiger partial charge in [0.25, 0.3) is 5.91 Å². The average Bonchev–Trinajstić information content (AvgIpc) is 2.60. The summed E-state index contributed by atoms with van der Waals surface area (Å²) in [6.07, 6.45) is 0. The molecule has 138 valence electrons. The van der Waals surface area contributed by atoms with E-state index in [0.29, 0.717) is 16.9 Å². The van der Waals surface area contributed by atoms with Gasteiger partial charge in [-0.2, -0.15) is 8.78 Å². The van der Waals surface area contributed by atoms with E-state index >= 15 is 0 Å². The van der Waals surface area contributed by atoms with Gasteiger partial charge < -0.3 is 20.3 Å². The Morgan fingerprint density at radius 3 is 2.38 bits per heavy atom. The maximum atomic E-state index is 12.1. The molecular weight excluding hydrogens is 344 g/mol. The Morgan fingerprint density at radius 1 is 1.08 bits per heavy atom. The van der Waals surface area contributed by atoms with Gasteiger partial charge >= 0.3 is 6.61 Å². The van der Waals surface area contributed by atoms with E-state index in [1.165, 1.54) is 29.2 Å². The molecule has 0 saturated carbocycles. The van der Waals surface area contributed by atoms with E-state index in [9.17, 15) is 18.4 Å². The van der Waals surface area contributed by atoms with Crippen LogP contribution in [0.2, 0.25) is 0 Å². The van der Waals surface area contributed by atoms with E-state index in [-0.39, 0.29) is 24.1 Å². The molecule has 0 atom stereocenters. The van der Waals surface area contributed by atoms with Crippen molar-refractivity contribution in [3.8, 4) is 5.75 Å². The first kappa shape index (κ1) is 19.2. The fourth-order valence-electron chi connectivity index (χ4n) is 2.13. The fraction of sp³-hybridized carbons (Fsp3) is 0.222. The SMILES string of the molecule is CN(C)C(=O)c1cccc(NCC(=O)Nc2ccc(OC(F)F)cc2)c1. The first-order chi connectivity index (χ1) is 12.3. The predicted molar refractivity (Wildman–Crippen MR) is 94.7 cm³/mol. The van der Waals surface area contributed by atoms with Crippen molar-refractivity contribution in [2.45, 2.75) is 6.61 Å². The second-order valence-corrected chi connectivity index (χ2v) is 5.58. The van der Waals surface area contributed by atoms with E-state index in [1.54, 1.807) is 38.4 Å². The quantitative estimate of drug-likeness (QED) is 0.793. The Labute approximate surface area is 149 Å². The highest BCUT2D eigenvalue weighted by atomic mass is 19.3. The van der Waals surface area contributed by atoms with Gasteiger partial charge in [-0.3, -0.25) is 9.59 Å². The molecule has 0 fully saturated rings. The molecule has 2 N–H and O–H groups in total. The molecule has 6 nitrogen and oxygen atoms in total. The lowest BCUT2D eigenvalue weighted by atomic mass is 10.2. The Hall–Kier alpha value is -3.16. The zero-order chi connectivity index (χ0) is 19.1. The van der Waals surface area contributed by atoms with Crippen LogP contribution in [0.5, 0.6) is 5.75 Å². The van der Waals surface area contributed by atoms with E-state index in [4.69, 9.17) is 0 Å². The Morgan fingerprint density at radius 2 is 1.77 bits per heavy atom. The molecule has 0 aliphatic rings. The summed E-state index contributed by atoms with van der Waals surface area (Å²) in [6.45, 7) is -2.91. The van der Waals surface area contributed by atoms with Crippen LogP contribution in [0.1, 0.15) is 10.4 Å². The van der Waals surface area contributed by atoms with E-state index in [1.807, 2.05) is 0 Å². The zero-order valence-corrected chi connectivity index (χ0v) is 14.3. The van der Waals surface area contributed by atoms with E-state index in [0.717, 1.165) is 0 Å². The van der Waals surface area contributed by atoms with Crippen LogP contribution < -0.4 is 15.4 Å². The van der Waals surface area contributed by atoms with Crippen molar-refractivity contribution in [2.24, 2.45) is 0 Å². The van der Waals surface area contributed by atoms with E-state index < -0.39 is 6.61 Å². The number of carbonyl (C=O) groups is 2. The first-order valence-electron chi connectivity index (χ1n) is 7.75. The molecule has 0 aliphatic carbocycles. The van der Waals surface area contributed by atoms with Crippen molar-refractivity contribution in [3.05, 3.63) is 54.1 Å². The van der Waals surface area contributed by atoms with Crippen molar-refractivity contribution in [1.82, 2.24) is 4.90 Å². The summed E-state index contributed by atoms with van der Waals surface area (Å²) in [5.74, 6) is -0.445. The third-order valence-corrected chi connectivity index (χ3v) is 3.33. The lowest BCUT2D eigenvalue weighted by Crippen LogP contribution is -2.23. The van der Waals surface area contributed by atoms with Crippen LogP contribution in [-0.4, -0.2) is 44.0 Å². The number of alkyl halides is 2. The van der Waals surface area contributed by atoms with Crippen molar-refractivity contribution >= 4 is 23.2 Å². The van der Waals surface area contributed by atoms with Crippen molar-refractivity contribution in [2.75, 3.05) is 31.3 Å². The molecule has 0 unspecified atom stereocenters. The number of nitrogens with zero attached hydrogens (tertiary/aromatic N) is 1. The number of hydrogen-bond acceptors (Lipinski definition) is 4. The molecule has 2 rings (SSSR count). The molecular formula is C18H19F2N3O3. The summed E-state index contributed by atoms with van der Waals surface area (Å²) in [7, 11) is 3.32. The second kappa shape index (κ2) is 8.80. The molecule has 8 heteroatoms. The molecule has 0 bridgehead atoms. The first-order valence-corrected chi connectivity index (χ1v) is 7.75. The zero-order valence-electron chi connectivity index (χ0n) is 14.3. The molecule has 2 amide bonds. The third-order valence-electron chi connectivity index (χ3n) is 3.33. The summed E-state index contributed by atoms with van der Waals surface area (Å²) in [5.41, 5.74) is 1.60. The Balaban J connectivity index is 1.89. The molecule has 0 heterocycles. The summed E-state index contributed by atoms with van der Waals surface area (Å²) < 4.78 is 28.4. The summed E-state index contributed by atoms with van der Waals surface area (Å²) in [6, 6.07) is 12.4. The molecule has 26 heavy (non-hydrogen) atoms. The molecule has 0 aliphatic heterocycles. The molecule has 0 saturated heterocycles. The van der Waals surface area contributed by atoms with Crippen LogP contribution in [0.3, 0.4) is 0 Å². The summed E-state index contributed by atoms with van der Waals surface area (Å²) in [5, 5.41) is 5.56. The number of carbonyl (C=O) groups excluding carboxylic acids is 2. The van der Waals surface area contributed by atoms with Crippen molar-refractivity contribution < 1.29 is 23.1 Å². The number of anilines is 2. The summed E-state index contributed by atoms with van der Waals surface area (Å²) in [4.78, 5) is 25.4. The van der Waals surface area contributed by atoms with Crippen molar-refractivity contribution in [1.29, 1.82) is 0 Å². The highest BCUT2D eigenvalue weighted by molar-refractivity contribution is 5.96. The predicted octanol–water partition coefficient (Wildman–Crippen LogP) is 3.04. The van der Waals surface area contributed by atoms with Gasteiger partial charge in [-0.15, -0.1) is 0 Å². The minimum atomic E-state index is -2.89. The lowest BCUT2D eigenvalue weighted by molar-refractivity contribution is -0.114. The number of nitrogens with one attached hydrogen (secondary N) is 2. The highest BCUT2D eigenvalue weighted by Gasteiger charge is 2.09. The standard InChI is InChI=1S/C18H19F2N3O3/c1-23(2)17(25)12-4-3-5-14(10-12)21-11-16(24)22-13-6-8-15(9-7-13)26-18(19)20/h3-10,18,21H,11H2,1-2H3,(H,22,24). The molecule has 2 aromatic rings. The van der Waals surface area contributed by atoms with E-state index in [2.05, 4.69) is 15.4 Å². The fourth-order valence-corrected chi connectivity index (χ4v) is 2.13. The number of ether oxygens (including phenoxy) is 1. The van der Waals surface area contributed by atoms with Gasteiger partial charge in [0.05, 0.1) is 6.54 Å². The van der Waals surface area contributed by atoms with Crippen LogP contribution in [-0.2, 0) is 4.79 Å². The number of hydrogen-bond donors (Lipinski definition) is 2. The van der Waals surface area contributed by atoms with Gasteiger partial charge in [0.15, 0.2) is 0 Å². The summed E-state index contributed by atoms with van der Waals surface area (Å²) >= 11 is 0. The Bertz CT molecular complexity index is 765. The number of benzene rings is 2. The Kier molecular flexibility index (Phi) is 6.48. The van der Waals surface area contributed by atoms with Crippen LogP contribution in [0.15, 0.2) is 48.5 Å². The van der Waals surface area contributed by atoms with Gasteiger partial charge in [-0.05, 0) is 42.5 Å². The lowest BCUT2D eigenvalue weighted by Gasteiger charge is -2.12. The molecule has 2 aromatic carbocycles. The van der Waals surface area contributed by atoms with Gasteiger partial charge in [0.1, 0.15) is 5.75 Å². The monoisotopic (exact) mass is 363 g/mol. The van der Waals surface area contributed by atoms with Gasteiger partial charge in [-0.1, -0.05) is 6.07 Å². The second-order valence-electron chi connectivity index (χ2n) is 5.58.